The number of hydrogen-bond acceptors (Lipinski definition) is 3. The van der Waals surface area contributed by atoms with Crippen molar-refractivity contribution in [2.24, 2.45) is 5.92 Å². The van der Waals surface area contributed by atoms with Gasteiger partial charge in [-0.2, -0.15) is 0 Å². The Hall–Kier alpha value is -1.77. The Morgan fingerprint density at radius 3 is 2.83 bits per heavy atom. The SMILES string of the molecule is CCC(C)Cc1onc(N)c1-c1cccc(C)c1. The summed E-state index contributed by atoms with van der Waals surface area (Å²) in [4.78, 5) is 0. The Balaban J connectivity index is 2.40. The Morgan fingerprint density at radius 1 is 1.39 bits per heavy atom. The minimum Gasteiger partial charge on any atom is -0.380 e. The van der Waals surface area contributed by atoms with Crippen LogP contribution in [-0.4, -0.2) is 5.16 Å². The molecular weight excluding hydrogens is 224 g/mol. The smallest absolute Gasteiger partial charge is 0.175 e. The van der Waals surface area contributed by atoms with Crippen LogP contribution >= 0.6 is 0 Å². The van der Waals surface area contributed by atoms with Gasteiger partial charge in [-0.1, -0.05) is 55.3 Å². The summed E-state index contributed by atoms with van der Waals surface area (Å²) in [6, 6.07) is 8.27. The van der Waals surface area contributed by atoms with E-state index in [-0.39, 0.29) is 0 Å². The predicted octanol–water partition coefficient (Wildman–Crippen LogP) is 3.82. The summed E-state index contributed by atoms with van der Waals surface area (Å²) in [6.07, 6.45) is 2.00. The number of nitrogen functional groups attached to an aromatic ring is 1. The number of nitrogens with zero attached hydrogens (tertiary/aromatic N) is 1. The van der Waals surface area contributed by atoms with E-state index < -0.39 is 0 Å². The van der Waals surface area contributed by atoms with Crippen molar-refractivity contribution in [2.75, 3.05) is 5.73 Å². The number of benzene rings is 1. The van der Waals surface area contributed by atoms with Gasteiger partial charge in [0.2, 0.25) is 0 Å². The fraction of sp³-hybridized carbons (Fsp3) is 0.400. The van der Waals surface area contributed by atoms with Gasteiger partial charge in [-0.05, 0) is 18.4 Å². The van der Waals surface area contributed by atoms with E-state index in [0.717, 1.165) is 29.7 Å². The van der Waals surface area contributed by atoms with Crippen LogP contribution in [0.3, 0.4) is 0 Å². The Labute approximate surface area is 108 Å². The zero-order chi connectivity index (χ0) is 13.1. The summed E-state index contributed by atoms with van der Waals surface area (Å²) in [5.74, 6) is 1.95. The fourth-order valence-electron chi connectivity index (χ4n) is 2.05. The average Bonchev–Trinajstić information content (AvgIpc) is 2.70. The van der Waals surface area contributed by atoms with E-state index in [0.29, 0.717) is 11.7 Å². The highest BCUT2D eigenvalue weighted by Gasteiger charge is 2.17. The van der Waals surface area contributed by atoms with Crippen molar-refractivity contribution in [1.29, 1.82) is 0 Å². The highest BCUT2D eigenvalue weighted by Crippen LogP contribution is 2.31. The molecule has 0 aliphatic rings. The van der Waals surface area contributed by atoms with Crippen molar-refractivity contribution in [3.8, 4) is 11.1 Å². The Bertz CT molecular complexity index is 531. The van der Waals surface area contributed by atoms with E-state index in [1.807, 2.05) is 6.07 Å². The molecule has 0 fully saturated rings. The molecule has 3 heteroatoms. The maximum atomic E-state index is 5.94. The maximum Gasteiger partial charge on any atom is 0.175 e. The molecule has 18 heavy (non-hydrogen) atoms. The van der Waals surface area contributed by atoms with E-state index in [1.54, 1.807) is 0 Å². The van der Waals surface area contributed by atoms with Crippen molar-refractivity contribution < 1.29 is 4.52 Å². The lowest BCUT2D eigenvalue weighted by Crippen LogP contribution is -1.98. The standard InChI is InChI=1S/C15H20N2O/c1-4-10(2)9-13-14(15(16)17-18-13)12-7-5-6-11(3)8-12/h5-8,10H,4,9H2,1-3H3,(H2,16,17). The third-order valence-electron chi connectivity index (χ3n) is 3.33. The summed E-state index contributed by atoms with van der Waals surface area (Å²) in [5, 5.41) is 3.91. The van der Waals surface area contributed by atoms with Crippen LogP contribution in [0.1, 0.15) is 31.6 Å². The highest BCUT2D eigenvalue weighted by atomic mass is 16.5. The van der Waals surface area contributed by atoms with Gasteiger partial charge in [-0.15, -0.1) is 0 Å². The first kappa shape index (κ1) is 12.7. The van der Waals surface area contributed by atoms with Gasteiger partial charge < -0.3 is 10.3 Å². The molecule has 1 atom stereocenters. The van der Waals surface area contributed by atoms with Crippen LogP contribution in [-0.2, 0) is 6.42 Å². The summed E-state index contributed by atoms with van der Waals surface area (Å²) < 4.78 is 5.39. The molecule has 0 amide bonds. The lowest BCUT2D eigenvalue weighted by atomic mass is 9.97. The number of rotatable bonds is 4. The van der Waals surface area contributed by atoms with Crippen LogP contribution in [0.25, 0.3) is 11.1 Å². The molecule has 3 nitrogen and oxygen atoms in total. The second-order valence-corrected chi connectivity index (χ2v) is 4.95. The summed E-state index contributed by atoms with van der Waals surface area (Å²) >= 11 is 0. The largest absolute Gasteiger partial charge is 0.380 e. The minimum absolute atomic E-state index is 0.485. The molecule has 0 aliphatic carbocycles. The first-order valence-electron chi connectivity index (χ1n) is 6.42. The molecule has 1 heterocycles. The van der Waals surface area contributed by atoms with Gasteiger partial charge in [0, 0.05) is 6.42 Å². The molecule has 0 saturated carbocycles. The van der Waals surface area contributed by atoms with Crippen molar-refractivity contribution in [3.05, 3.63) is 35.6 Å². The van der Waals surface area contributed by atoms with Crippen molar-refractivity contribution in [1.82, 2.24) is 5.16 Å². The van der Waals surface area contributed by atoms with Gasteiger partial charge in [-0.25, -0.2) is 0 Å². The van der Waals surface area contributed by atoms with Crippen LogP contribution < -0.4 is 5.73 Å². The van der Waals surface area contributed by atoms with E-state index in [9.17, 15) is 0 Å². The molecule has 0 saturated heterocycles. The maximum absolute atomic E-state index is 5.94. The molecule has 1 unspecified atom stereocenters. The number of hydrogen-bond donors (Lipinski definition) is 1. The molecule has 0 bridgehead atoms. The van der Waals surface area contributed by atoms with E-state index >= 15 is 0 Å². The molecular formula is C15H20N2O. The Kier molecular flexibility index (Phi) is 3.70. The van der Waals surface area contributed by atoms with E-state index in [1.165, 1.54) is 5.56 Å². The van der Waals surface area contributed by atoms with Gasteiger partial charge >= 0.3 is 0 Å². The molecule has 0 radical (unpaired) electrons. The molecule has 0 spiro atoms. The van der Waals surface area contributed by atoms with Crippen LogP contribution in [0.2, 0.25) is 0 Å². The minimum atomic E-state index is 0.485. The second kappa shape index (κ2) is 5.25. The first-order chi connectivity index (χ1) is 8.61. The van der Waals surface area contributed by atoms with Gasteiger partial charge in [0.15, 0.2) is 5.82 Å². The van der Waals surface area contributed by atoms with Crippen LogP contribution in [0, 0.1) is 12.8 Å². The normalized spacial score (nSPS) is 12.6. The number of aryl methyl sites for hydroxylation is 1. The highest BCUT2D eigenvalue weighted by molar-refractivity contribution is 5.75. The van der Waals surface area contributed by atoms with Gasteiger partial charge in [0.1, 0.15) is 5.76 Å². The van der Waals surface area contributed by atoms with Crippen LogP contribution in [0.5, 0.6) is 0 Å². The van der Waals surface area contributed by atoms with Gasteiger partial charge in [0.25, 0.3) is 0 Å². The summed E-state index contributed by atoms with van der Waals surface area (Å²) in [6.45, 7) is 6.46. The van der Waals surface area contributed by atoms with Crippen molar-refractivity contribution >= 4 is 5.82 Å². The number of aromatic nitrogens is 1. The lowest BCUT2D eigenvalue weighted by Gasteiger charge is -2.07. The topological polar surface area (TPSA) is 52.0 Å². The molecule has 96 valence electrons. The van der Waals surface area contributed by atoms with E-state index in [4.69, 9.17) is 10.3 Å². The zero-order valence-corrected chi connectivity index (χ0v) is 11.2. The number of nitrogens with two attached hydrogens (primary N) is 1. The molecule has 2 aromatic rings. The summed E-state index contributed by atoms with van der Waals surface area (Å²) in [5.41, 5.74) is 9.19. The number of anilines is 1. The monoisotopic (exact) mass is 244 g/mol. The molecule has 2 N–H and O–H groups in total. The molecule has 1 aromatic carbocycles. The van der Waals surface area contributed by atoms with Gasteiger partial charge in [-0.3, -0.25) is 0 Å². The van der Waals surface area contributed by atoms with Crippen LogP contribution in [0.4, 0.5) is 5.82 Å². The fourth-order valence-corrected chi connectivity index (χ4v) is 2.05. The third-order valence-corrected chi connectivity index (χ3v) is 3.33. The second-order valence-electron chi connectivity index (χ2n) is 4.95. The average molecular weight is 244 g/mol. The van der Waals surface area contributed by atoms with Crippen LogP contribution in [0.15, 0.2) is 28.8 Å². The van der Waals surface area contributed by atoms with Crippen molar-refractivity contribution in [2.45, 2.75) is 33.6 Å². The zero-order valence-electron chi connectivity index (χ0n) is 11.2. The third kappa shape index (κ3) is 2.55. The first-order valence-corrected chi connectivity index (χ1v) is 6.42. The lowest BCUT2D eigenvalue weighted by molar-refractivity contribution is 0.364. The predicted molar refractivity (Wildman–Crippen MR) is 74.2 cm³/mol. The quantitative estimate of drug-likeness (QED) is 0.889. The molecule has 0 aliphatic heterocycles. The van der Waals surface area contributed by atoms with Crippen molar-refractivity contribution in [3.63, 3.8) is 0 Å². The van der Waals surface area contributed by atoms with Gasteiger partial charge in [0.05, 0.1) is 5.56 Å². The van der Waals surface area contributed by atoms with E-state index in [2.05, 4.69) is 44.1 Å². The summed E-state index contributed by atoms with van der Waals surface area (Å²) in [7, 11) is 0. The molecule has 2 rings (SSSR count). The Morgan fingerprint density at radius 2 is 2.17 bits per heavy atom. The molecule has 1 aromatic heterocycles.